The van der Waals surface area contributed by atoms with Crippen LogP contribution >= 0.6 is 11.8 Å². The van der Waals surface area contributed by atoms with Crippen molar-refractivity contribution in [3.8, 4) is 6.07 Å². The second-order valence-corrected chi connectivity index (χ2v) is 5.88. The number of hydrogen-bond donors (Lipinski definition) is 2. The second-order valence-electron chi connectivity index (χ2n) is 4.39. The number of thioether (sulfide) groups is 1. The van der Waals surface area contributed by atoms with Gasteiger partial charge in [-0.15, -0.1) is 0 Å². The van der Waals surface area contributed by atoms with Crippen molar-refractivity contribution in [2.45, 2.75) is 57.4 Å². The monoisotopic (exact) mass is 244 g/mol. The van der Waals surface area contributed by atoms with Crippen LogP contribution in [-0.4, -0.2) is 34.3 Å². The Labute approximate surface area is 104 Å². The van der Waals surface area contributed by atoms with E-state index in [0.717, 1.165) is 25.1 Å². The van der Waals surface area contributed by atoms with Gasteiger partial charge in [-0.2, -0.15) is 17.0 Å². The van der Waals surface area contributed by atoms with Crippen molar-refractivity contribution < 1.29 is 5.11 Å². The minimum absolute atomic E-state index is 0.263. The molecule has 0 aromatic rings. The van der Waals surface area contributed by atoms with Gasteiger partial charge in [-0.1, -0.05) is 13.8 Å². The van der Waals surface area contributed by atoms with Crippen molar-refractivity contribution in [3.63, 3.8) is 0 Å². The van der Waals surface area contributed by atoms with Crippen molar-refractivity contribution in [2.24, 2.45) is 0 Å². The first-order chi connectivity index (χ1) is 7.45. The summed E-state index contributed by atoms with van der Waals surface area (Å²) in [5.41, 5.74) is -0.399. The quantitative estimate of drug-likeness (QED) is 0.642. The van der Waals surface area contributed by atoms with Gasteiger partial charge < -0.3 is 5.11 Å². The van der Waals surface area contributed by atoms with Crippen molar-refractivity contribution in [1.82, 2.24) is 5.32 Å². The Morgan fingerprint density at radius 3 is 2.56 bits per heavy atom. The van der Waals surface area contributed by atoms with Crippen molar-refractivity contribution in [3.05, 3.63) is 0 Å². The van der Waals surface area contributed by atoms with Crippen LogP contribution in [-0.2, 0) is 0 Å². The third kappa shape index (κ3) is 6.37. The zero-order valence-electron chi connectivity index (χ0n) is 10.8. The summed E-state index contributed by atoms with van der Waals surface area (Å²) in [5.74, 6) is 0.995. The first kappa shape index (κ1) is 15.8. The van der Waals surface area contributed by atoms with Crippen LogP contribution in [0.1, 0.15) is 40.5 Å². The molecule has 16 heavy (non-hydrogen) atoms. The van der Waals surface area contributed by atoms with Crippen LogP contribution < -0.4 is 5.32 Å². The Morgan fingerprint density at radius 2 is 2.12 bits per heavy atom. The van der Waals surface area contributed by atoms with E-state index >= 15 is 0 Å². The first-order valence-corrected chi connectivity index (χ1v) is 6.96. The van der Waals surface area contributed by atoms with E-state index in [0.29, 0.717) is 0 Å². The van der Waals surface area contributed by atoms with Gasteiger partial charge in [-0.05, 0) is 39.0 Å². The van der Waals surface area contributed by atoms with Gasteiger partial charge in [0.15, 0.2) is 0 Å². The molecule has 0 amide bonds. The molecule has 0 aromatic heterocycles. The molecule has 0 saturated heterocycles. The summed E-state index contributed by atoms with van der Waals surface area (Å²) in [7, 11) is 0. The van der Waals surface area contributed by atoms with Crippen LogP contribution in [0.2, 0.25) is 0 Å². The van der Waals surface area contributed by atoms with Crippen LogP contribution in [0, 0.1) is 11.3 Å². The van der Waals surface area contributed by atoms with Gasteiger partial charge in [0.25, 0.3) is 0 Å². The maximum atomic E-state index is 9.32. The zero-order chi connectivity index (χ0) is 12.6. The fourth-order valence-electron chi connectivity index (χ4n) is 1.41. The van der Waals surface area contributed by atoms with E-state index in [1.807, 2.05) is 27.7 Å². The van der Waals surface area contributed by atoms with E-state index in [-0.39, 0.29) is 11.4 Å². The molecule has 0 fully saturated rings. The van der Waals surface area contributed by atoms with Gasteiger partial charge in [0.1, 0.15) is 5.54 Å². The first-order valence-electron chi connectivity index (χ1n) is 5.91. The molecular formula is C12H24N2OS. The van der Waals surface area contributed by atoms with E-state index < -0.39 is 5.54 Å². The Bertz CT molecular complexity index is 228. The lowest BCUT2D eigenvalue weighted by Crippen LogP contribution is -2.40. The molecule has 0 heterocycles. The topological polar surface area (TPSA) is 56.0 Å². The van der Waals surface area contributed by atoms with Crippen molar-refractivity contribution in [1.29, 1.82) is 5.26 Å². The van der Waals surface area contributed by atoms with Crippen LogP contribution in [0.25, 0.3) is 0 Å². The van der Waals surface area contributed by atoms with Gasteiger partial charge >= 0.3 is 0 Å². The van der Waals surface area contributed by atoms with Crippen LogP contribution in [0.4, 0.5) is 0 Å². The number of rotatable bonds is 8. The van der Waals surface area contributed by atoms with Gasteiger partial charge in [-0.25, -0.2) is 0 Å². The molecule has 2 N–H and O–H groups in total. The highest BCUT2D eigenvalue weighted by molar-refractivity contribution is 7.99. The standard InChI is InChI=1S/C12H24N2OS/c1-5-14-12(4,9-13)7-6-8-16-11(3)10(2)15/h10-11,14-15H,5-8H2,1-4H3. The molecule has 0 saturated carbocycles. The van der Waals surface area contributed by atoms with E-state index in [1.165, 1.54) is 0 Å². The summed E-state index contributed by atoms with van der Waals surface area (Å²) in [5, 5.41) is 21.8. The fourth-order valence-corrected chi connectivity index (χ4v) is 2.37. The van der Waals surface area contributed by atoms with Gasteiger partial charge in [0, 0.05) is 5.25 Å². The average Bonchev–Trinajstić information content (AvgIpc) is 2.24. The van der Waals surface area contributed by atoms with Gasteiger partial charge in [-0.3, -0.25) is 5.32 Å². The highest BCUT2D eigenvalue weighted by atomic mass is 32.2. The van der Waals surface area contributed by atoms with Crippen LogP contribution in [0.5, 0.6) is 0 Å². The Balaban J connectivity index is 3.76. The average molecular weight is 244 g/mol. The van der Waals surface area contributed by atoms with E-state index in [2.05, 4.69) is 11.4 Å². The largest absolute Gasteiger partial charge is 0.392 e. The van der Waals surface area contributed by atoms with Gasteiger partial charge in [0.2, 0.25) is 0 Å². The summed E-state index contributed by atoms with van der Waals surface area (Å²) >= 11 is 1.77. The van der Waals surface area contributed by atoms with Crippen molar-refractivity contribution >= 4 is 11.8 Å². The molecule has 4 heteroatoms. The SMILES string of the molecule is CCNC(C)(C#N)CCCSC(C)C(C)O. The van der Waals surface area contributed by atoms with Gasteiger partial charge in [0.05, 0.1) is 12.2 Å². The Morgan fingerprint density at radius 1 is 1.50 bits per heavy atom. The highest BCUT2D eigenvalue weighted by Crippen LogP contribution is 2.19. The third-order valence-corrected chi connectivity index (χ3v) is 4.14. The third-order valence-electron chi connectivity index (χ3n) is 2.69. The Kier molecular flexibility index (Phi) is 7.82. The maximum Gasteiger partial charge on any atom is 0.103 e. The summed E-state index contributed by atoms with van der Waals surface area (Å²) in [4.78, 5) is 0. The lowest BCUT2D eigenvalue weighted by molar-refractivity contribution is 0.196. The molecular weight excluding hydrogens is 220 g/mol. The van der Waals surface area contributed by atoms with Crippen LogP contribution in [0.3, 0.4) is 0 Å². The van der Waals surface area contributed by atoms with E-state index in [4.69, 9.17) is 5.26 Å². The second kappa shape index (κ2) is 7.94. The molecule has 3 atom stereocenters. The highest BCUT2D eigenvalue weighted by Gasteiger charge is 2.21. The molecule has 0 aliphatic rings. The van der Waals surface area contributed by atoms with E-state index in [1.54, 1.807) is 11.8 Å². The Hall–Kier alpha value is -0.240. The number of nitriles is 1. The molecule has 0 radical (unpaired) electrons. The molecule has 3 unspecified atom stereocenters. The summed E-state index contributed by atoms with van der Waals surface area (Å²) in [6.07, 6.45) is 1.59. The van der Waals surface area contributed by atoms with Crippen molar-refractivity contribution in [2.75, 3.05) is 12.3 Å². The summed E-state index contributed by atoms with van der Waals surface area (Å²) < 4.78 is 0. The van der Waals surface area contributed by atoms with Crippen LogP contribution in [0.15, 0.2) is 0 Å². The number of aliphatic hydroxyl groups is 1. The number of nitrogens with one attached hydrogen (secondary N) is 1. The zero-order valence-corrected chi connectivity index (χ0v) is 11.6. The summed E-state index contributed by atoms with van der Waals surface area (Å²) in [6.45, 7) is 8.62. The number of nitrogens with zero attached hydrogens (tertiary/aromatic N) is 1. The molecule has 0 bridgehead atoms. The normalized spacial score (nSPS) is 18.5. The smallest absolute Gasteiger partial charge is 0.103 e. The molecule has 0 rings (SSSR count). The number of aliphatic hydroxyl groups excluding tert-OH is 1. The predicted molar refractivity (Wildman–Crippen MR) is 70.5 cm³/mol. The lowest BCUT2D eigenvalue weighted by Gasteiger charge is -2.22. The summed E-state index contributed by atoms with van der Waals surface area (Å²) in [6, 6.07) is 2.32. The molecule has 94 valence electrons. The molecule has 0 spiro atoms. The maximum absolute atomic E-state index is 9.32. The van der Waals surface area contributed by atoms with E-state index in [9.17, 15) is 5.11 Å². The molecule has 0 aliphatic heterocycles. The fraction of sp³-hybridized carbons (Fsp3) is 0.917. The predicted octanol–water partition coefficient (Wildman–Crippen LogP) is 2.16. The molecule has 0 aromatic carbocycles. The lowest BCUT2D eigenvalue weighted by atomic mass is 9.98. The molecule has 3 nitrogen and oxygen atoms in total. The minimum Gasteiger partial charge on any atom is -0.392 e. The molecule has 0 aliphatic carbocycles. The minimum atomic E-state index is -0.399. The number of hydrogen-bond acceptors (Lipinski definition) is 4.